The number of likely N-dealkylation sites (tertiary alicyclic amines) is 1. The minimum absolute atomic E-state index is 0.000167. The summed E-state index contributed by atoms with van der Waals surface area (Å²) in [5, 5.41) is 20.7. The van der Waals surface area contributed by atoms with Crippen molar-refractivity contribution in [3.63, 3.8) is 0 Å². The molecule has 0 aliphatic carbocycles. The van der Waals surface area contributed by atoms with Gasteiger partial charge in [-0.3, -0.25) is 14.4 Å². The van der Waals surface area contributed by atoms with Crippen molar-refractivity contribution < 1.29 is 24.6 Å². The molecule has 2 aromatic carbocycles. The van der Waals surface area contributed by atoms with E-state index in [0.29, 0.717) is 40.4 Å². The lowest BCUT2D eigenvalue weighted by atomic mass is 9.95. The van der Waals surface area contributed by atoms with E-state index in [4.69, 9.17) is 28.3 Å². The van der Waals surface area contributed by atoms with Crippen molar-refractivity contribution in [2.75, 3.05) is 6.54 Å². The highest BCUT2D eigenvalue weighted by Crippen LogP contribution is 2.40. The fourth-order valence-corrected chi connectivity index (χ4v) is 3.85. The van der Waals surface area contributed by atoms with Gasteiger partial charge in [0.2, 0.25) is 0 Å². The summed E-state index contributed by atoms with van der Waals surface area (Å²) in [6.07, 6.45) is 1.66. The Morgan fingerprint density at radius 3 is 2.03 bits per heavy atom. The quantitative estimate of drug-likeness (QED) is 0.248. The molecule has 1 atom stereocenters. The largest absolute Gasteiger partial charge is 0.507 e. The summed E-state index contributed by atoms with van der Waals surface area (Å²) >= 11 is 11.9. The standard InChI is InChI=1S/C23H21Cl2NO5/c24-16-9-5-14(6-10-16)20-19(21(29)15-7-11-17(25)12-8-15)22(30)23(31)26(20)13-3-1-2-4-18(27)28/h5-12,20,29H,1-4,13H2,(H,27,28). The molecule has 1 amide bonds. The number of unbranched alkanes of at least 4 members (excludes halogenated alkanes) is 2. The summed E-state index contributed by atoms with van der Waals surface area (Å²) in [5.74, 6) is -2.61. The number of carbonyl (C=O) groups excluding carboxylic acids is 2. The van der Waals surface area contributed by atoms with Crippen molar-refractivity contribution in [1.29, 1.82) is 0 Å². The zero-order valence-electron chi connectivity index (χ0n) is 16.6. The van der Waals surface area contributed by atoms with Gasteiger partial charge in [0.15, 0.2) is 0 Å². The number of aliphatic carboxylic acids is 1. The fraction of sp³-hybridized carbons (Fsp3) is 0.261. The average Bonchev–Trinajstić information content (AvgIpc) is 2.99. The second kappa shape index (κ2) is 9.98. The van der Waals surface area contributed by atoms with Gasteiger partial charge in [-0.15, -0.1) is 0 Å². The number of hydrogen-bond acceptors (Lipinski definition) is 4. The van der Waals surface area contributed by atoms with E-state index in [2.05, 4.69) is 0 Å². The van der Waals surface area contributed by atoms with Crippen molar-refractivity contribution in [3.8, 4) is 0 Å². The molecule has 0 saturated carbocycles. The van der Waals surface area contributed by atoms with Gasteiger partial charge in [0.05, 0.1) is 11.6 Å². The van der Waals surface area contributed by atoms with Crippen LogP contribution in [0.4, 0.5) is 0 Å². The first-order chi connectivity index (χ1) is 14.8. The molecule has 0 aromatic heterocycles. The van der Waals surface area contributed by atoms with E-state index in [1.54, 1.807) is 48.5 Å². The Kier molecular flexibility index (Phi) is 7.36. The zero-order chi connectivity index (χ0) is 22.5. The number of nitrogens with zero attached hydrogens (tertiary/aromatic N) is 1. The Labute approximate surface area is 189 Å². The molecule has 1 aliphatic rings. The third kappa shape index (κ3) is 5.27. The van der Waals surface area contributed by atoms with Gasteiger partial charge in [-0.25, -0.2) is 0 Å². The molecule has 0 bridgehead atoms. The predicted octanol–water partition coefficient (Wildman–Crippen LogP) is 5.06. The lowest BCUT2D eigenvalue weighted by Crippen LogP contribution is -2.30. The van der Waals surface area contributed by atoms with Crippen LogP contribution in [0.2, 0.25) is 10.0 Å². The van der Waals surface area contributed by atoms with Crippen LogP contribution in [0.5, 0.6) is 0 Å². The molecular formula is C23H21Cl2NO5. The molecule has 2 aromatic rings. The maximum Gasteiger partial charge on any atom is 0.303 e. The van der Waals surface area contributed by atoms with E-state index in [1.165, 1.54) is 4.90 Å². The average molecular weight is 462 g/mol. The Hall–Kier alpha value is -2.83. The van der Waals surface area contributed by atoms with Gasteiger partial charge in [0, 0.05) is 28.6 Å². The topological polar surface area (TPSA) is 94.9 Å². The summed E-state index contributed by atoms with van der Waals surface area (Å²) in [6.45, 7) is 0.259. The number of hydrogen-bond donors (Lipinski definition) is 2. The van der Waals surface area contributed by atoms with E-state index < -0.39 is 23.7 Å². The third-order valence-corrected chi connectivity index (χ3v) is 5.64. The monoisotopic (exact) mass is 461 g/mol. The third-order valence-electron chi connectivity index (χ3n) is 5.13. The van der Waals surface area contributed by atoms with E-state index in [1.807, 2.05) is 0 Å². The van der Waals surface area contributed by atoms with Crippen LogP contribution >= 0.6 is 23.2 Å². The SMILES string of the molecule is O=C(O)CCCCCN1C(=O)C(=O)C(=C(O)c2ccc(Cl)cc2)C1c1ccc(Cl)cc1. The summed E-state index contributed by atoms with van der Waals surface area (Å²) in [4.78, 5) is 37.8. The van der Waals surface area contributed by atoms with Gasteiger partial charge in [-0.05, 0) is 54.8 Å². The van der Waals surface area contributed by atoms with Gasteiger partial charge in [-0.1, -0.05) is 41.8 Å². The lowest BCUT2D eigenvalue weighted by molar-refractivity contribution is -0.140. The number of carboxylic acid groups (broad SMARTS) is 1. The molecule has 1 aliphatic heterocycles. The number of carboxylic acids is 1. The summed E-state index contributed by atoms with van der Waals surface area (Å²) in [6, 6.07) is 12.3. The summed E-state index contributed by atoms with van der Waals surface area (Å²) < 4.78 is 0. The van der Waals surface area contributed by atoms with Crippen LogP contribution in [0.25, 0.3) is 5.76 Å². The van der Waals surface area contributed by atoms with Gasteiger partial charge >= 0.3 is 5.97 Å². The molecule has 6 nitrogen and oxygen atoms in total. The number of ketones is 1. The van der Waals surface area contributed by atoms with Crippen LogP contribution in [-0.4, -0.2) is 39.3 Å². The van der Waals surface area contributed by atoms with Crippen molar-refractivity contribution in [1.82, 2.24) is 4.90 Å². The zero-order valence-corrected chi connectivity index (χ0v) is 18.1. The van der Waals surface area contributed by atoms with E-state index in [0.717, 1.165) is 0 Å². The number of aliphatic hydroxyl groups is 1. The molecule has 1 saturated heterocycles. The number of carbonyl (C=O) groups is 3. The number of rotatable bonds is 8. The molecule has 8 heteroatoms. The fourth-order valence-electron chi connectivity index (χ4n) is 3.60. The minimum Gasteiger partial charge on any atom is -0.507 e. The molecule has 2 N–H and O–H groups in total. The van der Waals surface area contributed by atoms with E-state index >= 15 is 0 Å². The minimum atomic E-state index is -0.871. The van der Waals surface area contributed by atoms with Gasteiger partial charge in [0.1, 0.15) is 5.76 Å². The first kappa shape index (κ1) is 22.8. The van der Waals surface area contributed by atoms with Crippen LogP contribution in [0, 0.1) is 0 Å². The predicted molar refractivity (Wildman–Crippen MR) is 118 cm³/mol. The first-order valence-corrected chi connectivity index (χ1v) is 10.6. The van der Waals surface area contributed by atoms with Crippen LogP contribution < -0.4 is 0 Å². The molecule has 3 rings (SSSR count). The summed E-state index contributed by atoms with van der Waals surface area (Å²) in [7, 11) is 0. The lowest BCUT2D eigenvalue weighted by Gasteiger charge is -2.25. The number of benzene rings is 2. The molecule has 1 fully saturated rings. The molecule has 0 spiro atoms. The second-order valence-electron chi connectivity index (χ2n) is 7.26. The molecule has 0 radical (unpaired) electrons. The molecule has 162 valence electrons. The Morgan fingerprint density at radius 1 is 0.871 bits per heavy atom. The smallest absolute Gasteiger partial charge is 0.303 e. The Morgan fingerprint density at radius 2 is 1.45 bits per heavy atom. The number of Topliss-reactive ketones (excluding diaryl/α,β-unsaturated/α-hetero) is 1. The normalized spacial score (nSPS) is 17.9. The highest BCUT2D eigenvalue weighted by Gasteiger charge is 2.45. The Bertz CT molecular complexity index is 1020. The highest BCUT2D eigenvalue weighted by molar-refractivity contribution is 6.46. The van der Waals surface area contributed by atoms with Gasteiger partial charge in [0.25, 0.3) is 11.7 Å². The van der Waals surface area contributed by atoms with E-state index in [9.17, 15) is 19.5 Å². The highest BCUT2D eigenvalue weighted by atomic mass is 35.5. The van der Waals surface area contributed by atoms with Crippen molar-refractivity contribution in [2.24, 2.45) is 0 Å². The molecule has 1 heterocycles. The van der Waals surface area contributed by atoms with Crippen LogP contribution in [0.3, 0.4) is 0 Å². The van der Waals surface area contributed by atoms with Gasteiger partial charge < -0.3 is 15.1 Å². The van der Waals surface area contributed by atoms with Crippen LogP contribution in [0.1, 0.15) is 42.9 Å². The molecule has 1 unspecified atom stereocenters. The van der Waals surface area contributed by atoms with Crippen molar-refractivity contribution in [3.05, 3.63) is 75.3 Å². The summed E-state index contributed by atoms with van der Waals surface area (Å²) in [5.41, 5.74) is 1.02. The number of halogens is 2. The number of amides is 1. The molecular weight excluding hydrogens is 441 g/mol. The first-order valence-electron chi connectivity index (χ1n) is 9.81. The van der Waals surface area contributed by atoms with Crippen LogP contribution in [-0.2, 0) is 14.4 Å². The second-order valence-corrected chi connectivity index (χ2v) is 8.13. The Balaban J connectivity index is 1.96. The maximum absolute atomic E-state index is 12.9. The van der Waals surface area contributed by atoms with Gasteiger partial charge in [-0.2, -0.15) is 0 Å². The number of aliphatic hydroxyl groups excluding tert-OH is 1. The van der Waals surface area contributed by atoms with Crippen molar-refractivity contribution in [2.45, 2.75) is 31.7 Å². The molecule has 31 heavy (non-hydrogen) atoms. The van der Waals surface area contributed by atoms with Crippen LogP contribution in [0.15, 0.2) is 54.1 Å². The van der Waals surface area contributed by atoms with E-state index in [-0.39, 0.29) is 24.3 Å². The maximum atomic E-state index is 12.9. The van der Waals surface area contributed by atoms with Crippen molar-refractivity contribution >= 4 is 46.6 Å².